The Balaban J connectivity index is 2.15. The van der Waals surface area contributed by atoms with E-state index in [2.05, 4.69) is 4.98 Å². The van der Waals surface area contributed by atoms with Crippen molar-refractivity contribution >= 4 is 6.09 Å². The summed E-state index contributed by atoms with van der Waals surface area (Å²) in [6.07, 6.45) is 1.72. The third kappa shape index (κ3) is 3.46. The molecule has 1 aliphatic rings. The summed E-state index contributed by atoms with van der Waals surface area (Å²) in [4.78, 5) is 18.5. The second kappa shape index (κ2) is 5.19. The first-order chi connectivity index (χ1) is 8.87. The van der Waals surface area contributed by atoms with Crippen LogP contribution >= 0.6 is 0 Å². The number of likely N-dealkylation sites (tertiary alicyclic amines) is 1. The fraction of sp³-hybridized carbons (Fsp3) is 0.600. The normalized spacial score (nSPS) is 19.6. The number of ether oxygens (including phenoxy) is 1. The number of rotatable bonds is 1. The third-order valence-electron chi connectivity index (χ3n) is 3.13. The lowest BCUT2D eigenvalue weighted by Crippen LogP contribution is -2.36. The van der Waals surface area contributed by atoms with Gasteiger partial charge in [0.2, 0.25) is 0 Å². The van der Waals surface area contributed by atoms with E-state index in [1.165, 1.54) is 0 Å². The van der Waals surface area contributed by atoms with Crippen molar-refractivity contribution in [1.82, 2.24) is 9.88 Å². The van der Waals surface area contributed by atoms with Crippen LogP contribution in [-0.2, 0) is 4.74 Å². The average molecular weight is 262 g/mol. The molecule has 1 unspecified atom stereocenters. The summed E-state index contributed by atoms with van der Waals surface area (Å²) in [7, 11) is 0. The smallest absolute Gasteiger partial charge is 0.410 e. The van der Waals surface area contributed by atoms with E-state index in [-0.39, 0.29) is 12.1 Å². The number of aryl methyl sites for hydroxylation is 1. The molecule has 2 heterocycles. The van der Waals surface area contributed by atoms with Crippen LogP contribution in [0.4, 0.5) is 4.79 Å². The Morgan fingerprint density at radius 3 is 2.79 bits per heavy atom. The van der Waals surface area contributed by atoms with Gasteiger partial charge in [0.05, 0.1) is 11.7 Å². The van der Waals surface area contributed by atoms with Crippen LogP contribution in [0, 0.1) is 6.92 Å². The maximum atomic E-state index is 12.2. The molecule has 4 heteroatoms. The lowest BCUT2D eigenvalue weighted by molar-refractivity contribution is 0.0221. The summed E-state index contributed by atoms with van der Waals surface area (Å²) >= 11 is 0. The van der Waals surface area contributed by atoms with Crippen LogP contribution in [0.1, 0.15) is 51.0 Å². The molecular weight excluding hydrogens is 240 g/mol. The van der Waals surface area contributed by atoms with Crippen LogP contribution in [0.2, 0.25) is 0 Å². The first-order valence-corrected chi connectivity index (χ1v) is 6.80. The van der Waals surface area contributed by atoms with Gasteiger partial charge in [0, 0.05) is 12.2 Å². The van der Waals surface area contributed by atoms with E-state index in [4.69, 9.17) is 4.74 Å². The maximum absolute atomic E-state index is 12.2. The molecule has 1 fully saturated rings. The van der Waals surface area contributed by atoms with Gasteiger partial charge in [-0.05, 0) is 52.7 Å². The van der Waals surface area contributed by atoms with E-state index in [1.807, 2.05) is 45.9 Å². The van der Waals surface area contributed by atoms with E-state index in [0.29, 0.717) is 0 Å². The van der Waals surface area contributed by atoms with Gasteiger partial charge in [-0.3, -0.25) is 9.88 Å². The van der Waals surface area contributed by atoms with Crippen molar-refractivity contribution in [1.29, 1.82) is 0 Å². The molecule has 0 N–H and O–H groups in total. The van der Waals surface area contributed by atoms with Crippen molar-refractivity contribution in [2.75, 3.05) is 6.54 Å². The Bertz CT molecular complexity index is 465. The molecule has 1 atom stereocenters. The first kappa shape index (κ1) is 13.8. The highest BCUT2D eigenvalue weighted by Crippen LogP contribution is 2.32. The third-order valence-corrected chi connectivity index (χ3v) is 3.13. The summed E-state index contributed by atoms with van der Waals surface area (Å²) in [5.74, 6) is 0. The molecule has 2 rings (SSSR count). The number of carbonyl (C=O) groups excluding carboxylic acids is 1. The zero-order valence-corrected chi connectivity index (χ0v) is 12.1. The lowest BCUT2D eigenvalue weighted by atomic mass is 10.1. The molecule has 1 aromatic heterocycles. The predicted molar refractivity (Wildman–Crippen MR) is 73.9 cm³/mol. The molecule has 1 aromatic rings. The number of carbonyl (C=O) groups is 1. The highest BCUT2D eigenvalue weighted by Gasteiger charge is 2.33. The van der Waals surface area contributed by atoms with Crippen LogP contribution in [0.25, 0.3) is 0 Å². The van der Waals surface area contributed by atoms with E-state index >= 15 is 0 Å². The van der Waals surface area contributed by atoms with Crippen LogP contribution in [0.15, 0.2) is 18.2 Å². The molecule has 19 heavy (non-hydrogen) atoms. The van der Waals surface area contributed by atoms with Crippen molar-refractivity contribution < 1.29 is 9.53 Å². The number of hydrogen-bond acceptors (Lipinski definition) is 3. The molecule has 1 amide bonds. The Morgan fingerprint density at radius 1 is 1.42 bits per heavy atom. The fourth-order valence-corrected chi connectivity index (χ4v) is 2.36. The second-order valence-electron chi connectivity index (χ2n) is 6.04. The van der Waals surface area contributed by atoms with Gasteiger partial charge in [0.25, 0.3) is 0 Å². The van der Waals surface area contributed by atoms with Crippen LogP contribution in [-0.4, -0.2) is 28.1 Å². The van der Waals surface area contributed by atoms with Gasteiger partial charge in [-0.2, -0.15) is 0 Å². The largest absolute Gasteiger partial charge is 0.444 e. The highest BCUT2D eigenvalue weighted by atomic mass is 16.6. The number of pyridine rings is 1. The Labute approximate surface area is 114 Å². The van der Waals surface area contributed by atoms with Gasteiger partial charge in [0.15, 0.2) is 0 Å². The summed E-state index contributed by atoms with van der Waals surface area (Å²) in [5.41, 5.74) is 1.49. The Morgan fingerprint density at radius 2 is 2.16 bits per heavy atom. The van der Waals surface area contributed by atoms with Crippen LogP contribution in [0.3, 0.4) is 0 Å². The minimum atomic E-state index is -0.454. The first-order valence-electron chi connectivity index (χ1n) is 6.80. The molecule has 0 aliphatic carbocycles. The number of aromatic nitrogens is 1. The zero-order valence-electron chi connectivity index (χ0n) is 12.1. The molecule has 0 saturated carbocycles. The lowest BCUT2D eigenvalue weighted by Gasteiger charge is -2.28. The molecule has 1 saturated heterocycles. The average Bonchev–Trinajstić information content (AvgIpc) is 2.75. The summed E-state index contributed by atoms with van der Waals surface area (Å²) in [5, 5.41) is 0. The Hall–Kier alpha value is -1.58. The molecular formula is C15H22N2O2. The van der Waals surface area contributed by atoms with E-state index in [9.17, 15) is 4.79 Å². The van der Waals surface area contributed by atoms with Gasteiger partial charge in [-0.1, -0.05) is 6.07 Å². The van der Waals surface area contributed by atoms with Crippen LogP contribution in [0.5, 0.6) is 0 Å². The fourth-order valence-electron chi connectivity index (χ4n) is 2.36. The SMILES string of the molecule is Cc1cccc(C2CCCN2C(=O)OC(C)(C)C)n1. The van der Waals surface area contributed by atoms with Gasteiger partial charge >= 0.3 is 6.09 Å². The maximum Gasteiger partial charge on any atom is 0.410 e. The van der Waals surface area contributed by atoms with E-state index in [1.54, 1.807) is 4.90 Å². The predicted octanol–water partition coefficient (Wildman–Crippen LogP) is 3.46. The highest BCUT2D eigenvalue weighted by molar-refractivity contribution is 5.69. The van der Waals surface area contributed by atoms with Gasteiger partial charge in [-0.25, -0.2) is 4.79 Å². The minimum absolute atomic E-state index is 0.0507. The summed E-state index contributed by atoms with van der Waals surface area (Å²) in [6.45, 7) is 8.38. The molecule has 104 valence electrons. The second-order valence-corrected chi connectivity index (χ2v) is 6.04. The van der Waals surface area contributed by atoms with Crippen molar-refractivity contribution in [3.8, 4) is 0 Å². The monoisotopic (exact) mass is 262 g/mol. The number of nitrogens with zero attached hydrogens (tertiary/aromatic N) is 2. The minimum Gasteiger partial charge on any atom is -0.444 e. The van der Waals surface area contributed by atoms with E-state index < -0.39 is 5.60 Å². The van der Waals surface area contributed by atoms with Crippen LogP contribution < -0.4 is 0 Å². The number of amides is 1. The van der Waals surface area contributed by atoms with Crippen molar-refractivity contribution in [2.24, 2.45) is 0 Å². The van der Waals surface area contributed by atoms with Crippen molar-refractivity contribution in [3.05, 3.63) is 29.6 Å². The van der Waals surface area contributed by atoms with E-state index in [0.717, 1.165) is 30.8 Å². The molecule has 0 bridgehead atoms. The molecule has 1 aliphatic heterocycles. The topological polar surface area (TPSA) is 42.4 Å². The molecule has 0 spiro atoms. The molecule has 0 radical (unpaired) electrons. The van der Waals surface area contributed by atoms with Crippen molar-refractivity contribution in [3.63, 3.8) is 0 Å². The van der Waals surface area contributed by atoms with Gasteiger partial charge < -0.3 is 4.74 Å². The van der Waals surface area contributed by atoms with Gasteiger partial charge in [0.1, 0.15) is 5.60 Å². The quantitative estimate of drug-likeness (QED) is 0.778. The molecule has 0 aromatic carbocycles. The van der Waals surface area contributed by atoms with Gasteiger partial charge in [-0.15, -0.1) is 0 Å². The summed E-state index contributed by atoms with van der Waals surface area (Å²) < 4.78 is 5.46. The Kier molecular flexibility index (Phi) is 3.78. The summed E-state index contributed by atoms with van der Waals surface area (Å²) in [6, 6.07) is 6.00. The number of hydrogen-bond donors (Lipinski definition) is 0. The standard InChI is InChI=1S/C15H22N2O2/c1-11-7-5-8-12(16-11)13-9-6-10-17(13)14(18)19-15(2,3)4/h5,7-8,13H,6,9-10H2,1-4H3. The molecule has 4 nitrogen and oxygen atoms in total. The zero-order chi connectivity index (χ0) is 14.0. The van der Waals surface area contributed by atoms with Crippen molar-refractivity contribution in [2.45, 2.75) is 52.2 Å².